The average Bonchev–Trinajstić information content (AvgIpc) is 3.08. The standard InChI is InChI=1S/C17H25N3O4S/c18-8-6-17(21)19-12-14-3-1-2-9-20(14)25(22,23)15-4-5-16-13(11-15)7-10-24-16/h4-5,11,14H,1-3,6-10,12,18H2,(H,19,21). The monoisotopic (exact) mass is 367 g/mol. The first kappa shape index (κ1) is 18.2. The summed E-state index contributed by atoms with van der Waals surface area (Å²) in [4.78, 5) is 12.0. The van der Waals surface area contributed by atoms with Crippen molar-refractivity contribution in [3.8, 4) is 5.75 Å². The van der Waals surface area contributed by atoms with Crippen LogP contribution in [0, 0.1) is 0 Å². The summed E-state index contributed by atoms with van der Waals surface area (Å²) in [5.41, 5.74) is 6.31. The zero-order valence-electron chi connectivity index (χ0n) is 14.2. The van der Waals surface area contributed by atoms with Crippen LogP contribution in [0.4, 0.5) is 0 Å². The Kier molecular flexibility index (Phi) is 5.61. The van der Waals surface area contributed by atoms with Crippen molar-refractivity contribution in [1.82, 2.24) is 9.62 Å². The van der Waals surface area contributed by atoms with Crippen LogP contribution in [0.5, 0.6) is 5.75 Å². The molecule has 1 saturated heterocycles. The predicted octanol–water partition coefficient (Wildman–Crippen LogP) is 0.630. The molecule has 2 aliphatic rings. The molecule has 2 heterocycles. The number of carbonyl (C=O) groups is 1. The van der Waals surface area contributed by atoms with E-state index in [1.165, 1.54) is 4.31 Å². The van der Waals surface area contributed by atoms with Crippen LogP contribution in [0.2, 0.25) is 0 Å². The number of fused-ring (bicyclic) bond motifs is 1. The zero-order chi connectivity index (χ0) is 17.9. The van der Waals surface area contributed by atoms with Gasteiger partial charge in [-0.05, 0) is 36.6 Å². The number of hydrogen-bond acceptors (Lipinski definition) is 5. The highest BCUT2D eigenvalue weighted by molar-refractivity contribution is 7.89. The van der Waals surface area contributed by atoms with Crippen LogP contribution in [0.1, 0.15) is 31.2 Å². The molecule has 1 unspecified atom stereocenters. The molecule has 25 heavy (non-hydrogen) atoms. The molecule has 1 fully saturated rings. The number of benzene rings is 1. The molecule has 0 spiro atoms. The number of nitrogens with one attached hydrogen (secondary N) is 1. The average molecular weight is 367 g/mol. The van der Waals surface area contributed by atoms with Gasteiger partial charge in [-0.15, -0.1) is 0 Å². The maximum absolute atomic E-state index is 13.1. The van der Waals surface area contributed by atoms with Gasteiger partial charge in [-0.25, -0.2) is 8.42 Å². The number of hydrogen-bond donors (Lipinski definition) is 2. The van der Waals surface area contributed by atoms with E-state index in [9.17, 15) is 13.2 Å². The van der Waals surface area contributed by atoms with E-state index >= 15 is 0 Å². The molecular formula is C17H25N3O4S. The quantitative estimate of drug-likeness (QED) is 0.768. The third-order valence-electron chi connectivity index (χ3n) is 4.75. The Morgan fingerprint density at radius 2 is 2.20 bits per heavy atom. The predicted molar refractivity (Wildman–Crippen MR) is 93.9 cm³/mol. The fourth-order valence-corrected chi connectivity index (χ4v) is 5.15. The lowest BCUT2D eigenvalue weighted by Crippen LogP contribution is -2.49. The van der Waals surface area contributed by atoms with Gasteiger partial charge in [0.05, 0.1) is 11.5 Å². The lowest BCUT2D eigenvalue weighted by molar-refractivity contribution is -0.121. The van der Waals surface area contributed by atoms with Gasteiger partial charge >= 0.3 is 0 Å². The highest BCUT2D eigenvalue weighted by atomic mass is 32.2. The number of carbonyl (C=O) groups excluding carboxylic acids is 1. The van der Waals surface area contributed by atoms with Gasteiger partial charge in [-0.3, -0.25) is 4.79 Å². The van der Waals surface area contributed by atoms with E-state index in [2.05, 4.69) is 5.32 Å². The topological polar surface area (TPSA) is 102 Å². The molecule has 1 aromatic rings. The van der Waals surface area contributed by atoms with Crippen molar-refractivity contribution in [3.05, 3.63) is 23.8 Å². The summed E-state index contributed by atoms with van der Waals surface area (Å²) >= 11 is 0. The molecule has 0 saturated carbocycles. The van der Waals surface area contributed by atoms with Crippen LogP contribution in [0.15, 0.2) is 23.1 Å². The van der Waals surface area contributed by atoms with Crippen LogP contribution < -0.4 is 15.8 Å². The number of piperidine rings is 1. The highest BCUT2D eigenvalue weighted by Gasteiger charge is 2.34. The molecule has 138 valence electrons. The lowest BCUT2D eigenvalue weighted by atomic mass is 10.1. The second kappa shape index (κ2) is 7.72. The summed E-state index contributed by atoms with van der Waals surface area (Å²) in [5, 5.41) is 2.80. The Morgan fingerprint density at radius 3 is 3.00 bits per heavy atom. The Hall–Kier alpha value is -1.64. The summed E-state index contributed by atoms with van der Waals surface area (Å²) in [6.07, 6.45) is 3.53. The van der Waals surface area contributed by atoms with Gasteiger partial charge in [0.1, 0.15) is 5.75 Å². The summed E-state index contributed by atoms with van der Waals surface area (Å²) in [6.45, 7) is 1.69. The van der Waals surface area contributed by atoms with E-state index in [-0.39, 0.29) is 24.9 Å². The van der Waals surface area contributed by atoms with E-state index in [0.29, 0.717) is 24.6 Å². The number of ether oxygens (including phenoxy) is 1. The van der Waals surface area contributed by atoms with Gasteiger partial charge in [0.15, 0.2) is 0 Å². The minimum Gasteiger partial charge on any atom is -0.493 e. The molecule has 0 aliphatic carbocycles. The number of amides is 1. The van der Waals surface area contributed by atoms with Gasteiger partial charge in [-0.2, -0.15) is 4.31 Å². The van der Waals surface area contributed by atoms with Gasteiger partial charge < -0.3 is 15.8 Å². The maximum Gasteiger partial charge on any atom is 0.243 e. The second-order valence-electron chi connectivity index (χ2n) is 6.48. The lowest BCUT2D eigenvalue weighted by Gasteiger charge is -2.34. The number of rotatable bonds is 6. The van der Waals surface area contributed by atoms with Crippen LogP contribution in [-0.4, -0.2) is 50.9 Å². The number of nitrogens with zero attached hydrogens (tertiary/aromatic N) is 1. The molecule has 8 heteroatoms. The smallest absolute Gasteiger partial charge is 0.243 e. The van der Waals surface area contributed by atoms with Crippen molar-refractivity contribution in [2.45, 2.75) is 43.0 Å². The SMILES string of the molecule is NCCC(=O)NCC1CCCCN1S(=O)(=O)c1ccc2c(c1)CCO2. The Labute approximate surface area is 148 Å². The third kappa shape index (κ3) is 3.96. The molecule has 7 nitrogen and oxygen atoms in total. The molecule has 1 atom stereocenters. The fraction of sp³-hybridized carbons (Fsp3) is 0.588. The Balaban J connectivity index is 1.77. The Bertz CT molecular complexity index is 735. The summed E-state index contributed by atoms with van der Waals surface area (Å²) in [7, 11) is -3.59. The van der Waals surface area contributed by atoms with Gasteiger partial charge in [0, 0.05) is 38.5 Å². The summed E-state index contributed by atoms with van der Waals surface area (Å²) in [6, 6.07) is 4.84. The van der Waals surface area contributed by atoms with Crippen molar-refractivity contribution in [2.75, 3.05) is 26.2 Å². The molecule has 1 aromatic carbocycles. The van der Waals surface area contributed by atoms with E-state index in [1.54, 1.807) is 18.2 Å². The minimum atomic E-state index is -3.59. The molecule has 0 aromatic heterocycles. The highest BCUT2D eigenvalue weighted by Crippen LogP contribution is 2.31. The first-order chi connectivity index (χ1) is 12.0. The van der Waals surface area contributed by atoms with Crippen molar-refractivity contribution >= 4 is 15.9 Å². The van der Waals surface area contributed by atoms with E-state index in [1.807, 2.05) is 0 Å². The Morgan fingerprint density at radius 1 is 1.36 bits per heavy atom. The molecule has 1 amide bonds. The maximum atomic E-state index is 13.1. The first-order valence-corrected chi connectivity index (χ1v) is 10.2. The largest absolute Gasteiger partial charge is 0.493 e. The summed E-state index contributed by atoms with van der Waals surface area (Å²) in [5.74, 6) is 0.628. The normalized spacial score (nSPS) is 20.8. The van der Waals surface area contributed by atoms with Crippen molar-refractivity contribution in [1.29, 1.82) is 0 Å². The number of sulfonamides is 1. The molecule has 0 radical (unpaired) electrons. The summed E-state index contributed by atoms with van der Waals surface area (Å²) < 4.78 is 33.2. The molecule has 3 N–H and O–H groups in total. The van der Waals surface area contributed by atoms with E-state index in [4.69, 9.17) is 10.5 Å². The van der Waals surface area contributed by atoms with Gasteiger partial charge in [-0.1, -0.05) is 6.42 Å². The number of nitrogens with two attached hydrogens (primary N) is 1. The van der Waals surface area contributed by atoms with E-state index in [0.717, 1.165) is 37.0 Å². The van der Waals surface area contributed by atoms with Crippen LogP contribution in [-0.2, 0) is 21.2 Å². The minimum absolute atomic E-state index is 0.139. The molecular weight excluding hydrogens is 342 g/mol. The van der Waals surface area contributed by atoms with Crippen LogP contribution in [0.25, 0.3) is 0 Å². The van der Waals surface area contributed by atoms with E-state index < -0.39 is 10.0 Å². The van der Waals surface area contributed by atoms with Crippen LogP contribution in [0.3, 0.4) is 0 Å². The molecule has 0 bridgehead atoms. The third-order valence-corrected chi connectivity index (χ3v) is 6.69. The first-order valence-electron chi connectivity index (χ1n) is 8.76. The second-order valence-corrected chi connectivity index (χ2v) is 8.37. The van der Waals surface area contributed by atoms with Crippen molar-refractivity contribution in [3.63, 3.8) is 0 Å². The fourth-order valence-electron chi connectivity index (χ4n) is 3.40. The molecule has 2 aliphatic heterocycles. The van der Waals surface area contributed by atoms with Gasteiger partial charge in [0.2, 0.25) is 15.9 Å². The zero-order valence-corrected chi connectivity index (χ0v) is 15.1. The van der Waals surface area contributed by atoms with Crippen molar-refractivity contribution in [2.24, 2.45) is 5.73 Å². The van der Waals surface area contributed by atoms with Crippen molar-refractivity contribution < 1.29 is 17.9 Å². The molecule has 3 rings (SSSR count). The van der Waals surface area contributed by atoms with Crippen LogP contribution >= 0.6 is 0 Å². The van der Waals surface area contributed by atoms with Gasteiger partial charge in [0.25, 0.3) is 0 Å².